The number of nitrogens with zero attached hydrogens (tertiary/aromatic N) is 2. The molecule has 1 heterocycles. The Kier molecular flexibility index (Phi) is 3.23. The maximum atomic E-state index is 11.6. The fourth-order valence-electron chi connectivity index (χ4n) is 1.91. The van der Waals surface area contributed by atoms with Crippen molar-refractivity contribution in [1.29, 1.82) is 5.26 Å². The van der Waals surface area contributed by atoms with E-state index in [4.69, 9.17) is 11.6 Å². The first-order chi connectivity index (χ1) is 8.10. The van der Waals surface area contributed by atoms with Crippen molar-refractivity contribution in [2.45, 2.75) is 12.3 Å². The number of aromatic nitrogens is 1. The first-order valence-electron chi connectivity index (χ1n) is 4.90. The van der Waals surface area contributed by atoms with Crippen LogP contribution in [0.15, 0.2) is 18.2 Å². The number of carbonyl (C=O) groups is 1. The number of alkyl halides is 1. The van der Waals surface area contributed by atoms with Gasteiger partial charge in [-0.2, -0.15) is 5.26 Å². The molecule has 0 saturated heterocycles. The van der Waals surface area contributed by atoms with Crippen LogP contribution in [0.2, 0.25) is 5.02 Å². The molecular formula is C12H8BrClN2O. The Morgan fingerprint density at radius 2 is 2.29 bits per heavy atom. The van der Waals surface area contributed by atoms with Gasteiger partial charge < -0.3 is 0 Å². The number of fused-ring (bicyclic) bond motifs is 1. The normalized spacial score (nSPS) is 10.5. The largest absolute Gasteiger partial charge is 0.274 e. The minimum absolute atomic E-state index is 0.180. The Balaban J connectivity index is 2.98. The summed E-state index contributed by atoms with van der Waals surface area (Å²) in [6.45, 7) is 1.44. The Morgan fingerprint density at radius 1 is 1.59 bits per heavy atom. The van der Waals surface area contributed by atoms with Gasteiger partial charge in [-0.05, 0) is 18.2 Å². The smallest absolute Gasteiger partial charge is 0.229 e. The molecule has 1 aromatic heterocycles. The number of benzene rings is 1. The summed E-state index contributed by atoms with van der Waals surface area (Å²) in [4.78, 5) is 11.6. The van der Waals surface area contributed by atoms with E-state index >= 15 is 0 Å². The predicted octanol–water partition coefficient (Wildman–Crippen LogP) is 3.72. The maximum Gasteiger partial charge on any atom is 0.229 e. The van der Waals surface area contributed by atoms with E-state index in [1.807, 2.05) is 0 Å². The number of hydrogen-bond donors (Lipinski definition) is 0. The molecule has 0 aliphatic heterocycles. The highest BCUT2D eigenvalue weighted by atomic mass is 79.9. The molecule has 17 heavy (non-hydrogen) atoms. The van der Waals surface area contributed by atoms with Gasteiger partial charge in [0.25, 0.3) is 0 Å². The van der Waals surface area contributed by atoms with Crippen molar-refractivity contribution in [3.05, 3.63) is 34.5 Å². The van der Waals surface area contributed by atoms with E-state index in [9.17, 15) is 10.1 Å². The lowest BCUT2D eigenvalue weighted by molar-refractivity contribution is 0.0940. The van der Waals surface area contributed by atoms with E-state index in [0.717, 1.165) is 10.9 Å². The van der Waals surface area contributed by atoms with Crippen LogP contribution >= 0.6 is 27.5 Å². The minimum Gasteiger partial charge on any atom is -0.274 e. The van der Waals surface area contributed by atoms with Gasteiger partial charge in [0.1, 0.15) is 11.8 Å². The predicted molar refractivity (Wildman–Crippen MR) is 70.6 cm³/mol. The lowest BCUT2D eigenvalue weighted by Crippen LogP contribution is -2.07. The zero-order valence-corrected chi connectivity index (χ0v) is 11.3. The molecule has 2 aromatic rings. The molecule has 0 bridgehead atoms. The Bertz CT molecular complexity index is 655. The standard InChI is InChI=1S/C12H8BrClN2O/c1-7(17)16-11-3-2-8(14)4-9(11)10(5-13)12(16)6-15/h2-4H,5H2,1H3. The number of nitriles is 1. The first-order valence-corrected chi connectivity index (χ1v) is 6.40. The van der Waals surface area contributed by atoms with Crippen molar-refractivity contribution in [3.8, 4) is 6.07 Å². The van der Waals surface area contributed by atoms with E-state index in [-0.39, 0.29) is 5.91 Å². The fourth-order valence-corrected chi connectivity index (χ4v) is 2.65. The van der Waals surface area contributed by atoms with Crippen LogP contribution in [0.4, 0.5) is 0 Å². The maximum absolute atomic E-state index is 11.6. The second-order valence-corrected chi connectivity index (χ2v) is 4.59. The number of hydrogen-bond acceptors (Lipinski definition) is 2. The van der Waals surface area contributed by atoms with E-state index in [1.165, 1.54) is 11.5 Å². The molecule has 2 rings (SSSR count). The van der Waals surface area contributed by atoms with Crippen molar-refractivity contribution < 1.29 is 4.79 Å². The highest BCUT2D eigenvalue weighted by Gasteiger charge is 2.18. The van der Waals surface area contributed by atoms with E-state index in [2.05, 4.69) is 22.0 Å². The number of carbonyl (C=O) groups excluding carboxylic acids is 1. The molecule has 0 fully saturated rings. The lowest BCUT2D eigenvalue weighted by Gasteiger charge is -2.00. The molecule has 0 aliphatic carbocycles. The Hall–Kier alpha value is -1.31. The van der Waals surface area contributed by atoms with Gasteiger partial charge in [0.2, 0.25) is 5.91 Å². The summed E-state index contributed by atoms with van der Waals surface area (Å²) in [5, 5.41) is 11.1. The minimum atomic E-state index is -0.180. The third-order valence-corrected chi connectivity index (χ3v) is 3.38. The van der Waals surface area contributed by atoms with Gasteiger partial charge >= 0.3 is 0 Å². The Morgan fingerprint density at radius 3 is 2.82 bits per heavy atom. The van der Waals surface area contributed by atoms with Gasteiger partial charge in [0, 0.05) is 28.2 Å². The summed E-state index contributed by atoms with van der Waals surface area (Å²) in [5.41, 5.74) is 1.87. The Labute approximate surface area is 112 Å². The molecule has 0 atom stereocenters. The van der Waals surface area contributed by atoms with Gasteiger partial charge in [0.15, 0.2) is 0 Å². The molecule has 0 spiro atoms. The second-order valence-electron chi connectivity index (χ2n) is 3.59. The van der Waals surface area contributed by atoms with Crippen LogP contribution in [-0.4, -0.2) is 10.5 Å². The van der Waals surface area contributed by atoms with E-state index < -0.39 is 0 Å². The van der Waals surface area contributed by atoms with Gasteiger partial charge in [-0.1, -0.05) is 27.5 Å². The summed E-state index contributed by atoms with van der Waals surface area (Å²) >= 11 is 9.28. The van der Waals surface area contributed by atoms with Crippen LogP contribution < -0.4 is 0 Å². The zero-order chi connectivity index (χ0) is 12.6. The van der Waals surface area contributed by atoms with Gasteiger partial charge in [-0.15, -0.1) is 0 Å². The van der Waals surface area contributed by atoms with Crippen LogP contribution in [0.25, 0.3) is 10.9 Å². The number of halogens is 2. The third-order valence-electron chi connectivity index (χ3n) is 2.59. The summed E-state index contributed by atoms with van der Waals surface area (Å²) in [6.07, 6.45) is 0. The molecule has 0 unspecified atom stereocenters. The molecule has 0 aliphatic rings. The third kappa shape index (κ3) is 1.86. The molecule has 0 saturated carbocycles. The monoisotopic (exact) mass is 310 g/mol. The molecule has 5 heteroatoms. The molecular weight excluding hydrogens is 304 g/mol. The van der Waals surface area contributed by atoms with Gasteiger partial charge in [0.05, 0.1) is 5.52 Å². The van der Waals surface area contributed by atoms with Crippen molar-refractivity contribution in [1.82, 2.24) is 4.57 Å². The second kappa shape index (κ2) is 4.52. The van der Waals surface area contributed by atoms with Gasteiger partial charge in [-0.3, -0.25) is 9.36 Å². The average Bonchev–Trinajstić information content (AvgIpc) is 2.61. The van der Waals surface area contributed by atoms with Crippen LogP contribution in [0, 0.1) is 11.3 Å². The number of rotatable bonds is 1. The zero-order valence-electron chi connectivity index (χ0n) is 9.00. The molecule has 0 amide bonds. The topological polar surface area (TPSA) is 45.8 Å². The van der Waals surface area contributed by atoms with E-state index in [1.54, 1.807) is 18.2 Å². The van der Waals surface area contributed by atoms with Crippen molar-refractivity contribution in [2.75, 3.05) is 0 Å². The molecule has 3 nitrogen and oxygen atoms in total. The molecule has 0 radical (unpaired) electrons. The van der Waals surface area contributed by atoms with Crippen LogP contribution in [0.5, 0.6) is 0 Å². The highest BCUT2D eigenvalue weighted by Crippen LogP contribution is 2.30. The SMILES string of the molecule is CC(=O)n1c(C#N)c(CBr)c2cc(Cl)ccc21. The van der Waals surface area contributed by atoms with Gasteiger partial charge in [-0.25, -0.2) is 0 Å². The van der Waals surface area contributed by atoms with Crippen molar-refractivity contribution in [3.63, 3.8) is 0 Å². The van der Waals surface area contributed by atoms with Crippen LogP contribution in [0.3, 0.4) is 0 Å². The molecule has 0 N–H and O–H groups in total. The quantitative estimate of drug-likeness (QED) is 0.753. The highest BCUT2D eigenvalue weighted by molar-refractivity contribution is 9.08. The fraction of sp³-hybridized carbons (Fsp3) is 0.167. The summed E-state index contributed by atoms with van der Waals surface area (Å²) < 4.78 is 1.42. The first kappa shape index (κ1) is 12.2. The summed E-state index contributed by atoms with van der Waals surface area (Å²) in [5.74, 6) is -0.180. The van der Waals surface area contributed by atoms with Crippen molar-refractivity contribution >= 4 is 44.3 Å². The molecule has 86 valence electrons. The van der Waals surface area contributed by atoms with Crippen molar-refractivity contribution in [2.24, 2.45) is 0 Å². The molecule has 1 aromatic carbocycles. The van der Waals surface area contributed by atoms with Crippen LogP contribution in [0.1, 0.15) is 23.0 Å². The van der Waals surface area contributed by atoms with E-state index in [0.29, 0.717) is 21.6 Å². The summed E-state index contributed by atoms with van der Waals surface area (Å²) in [7, 11) is 0. The van der Waals surface area contributed by atoms with Crippen LogP contribution in [-0.2, 0) is 5.33 Å². The lowest BCUT2D eigenvalue weighted by atomic mass is 10.1. The summed E-state index contributed by atoms with van der Waals surface area (Å²) in [6, 6.07) is 7.31. The average molecular weight is 312 g/mol.